The summed E-state index contributed by atoms with van der Waals surface area (Å²) in [7, 11) is 4.33. The van der Waals surface area contributed by atoms with Crippen molar-refractivity contribution in [2.24, 2.45) is 0 Å². The molecule has 8 heteroatoms. The lowest BCUT2D eigenvalue weighted by molar-refractivity contribution is 0.122. The van der Waals surface area contributed by atoms with E-state index in [4.69, 9.17) is 14.7 Å². The van der Waals surface area contributed by atoms with Crippen LogP contribution in [-0.4, -0.2) is 84.4 Å². The standard InChI is InChI=1S/C23H29N5O2S/c1-26(2)17-6-7-27(14-17)15-19-13-20-21(31-19)23(28-8-10-30-11-9-28)25-22(24-20)16-4-3-5-18(29)12-16/h3-5,12-13,17,29H,6-11,14-15H2,1-2H3. The summed E-state index contributed by atoms with van der Waals surface area (Å²) < 4.78 is 6.70. The van der Waals surface area contributed by atoms with Crippen molar-refractivity contribution in [3.05, 3.63) is 35.2 Å². The molecule has 31 heavy (non-hydrogen) atoms. The number of nitrogens with zero attached hydrogens (tertiary/aromatic N) is 5. The van der Waals surface area contributed by atoms with Crippen LogP contribution in [0.2, 0.25) is 0 Å². The van der Waals surface area contributed by atoms with Gasteiger partial charge in [-0.1, -0.05) is 12.1 Å². The first-order valence-corrected chi connectivity index (χ1v) is 11.7. The van der Waals surface area contributed by atoms with Crippen LogP contribution in [0, 0.1) is 0 Å². The van der Waals surface area contributed by atoms with Crippen molar-refractivity contribution in [1.29, 1.82) is 0 Å². The van der Waals surface area contributed by atoms with E-state index in [1.165, 1.54) is 11.3 Å². The van der Waals surface area contributed by atoms with Gasteiger partial charge in [-0.15, -0.1) is 11.3 Å². The van der Waals surface area contributed by atoms with E-state index in [1.54, 1.807) is 12.1 Å². The molecule has 2 fully saturated rings. The Bertz CT molecular complexity index is 1060. The number of fused-ring (bicyclic) bond motifs is 1. The van der Waals surface area contributed by atoms with Crippen molar-refractivity contribution in [2.75, 3.05) is 58.4 Å². The second kappa shape index (κ2) is 8.70. The number of hydrogen-bond donors (Lipinski definition) is 1. The summed E-state index contributed by atoms with van der Waals surface area (Å²) in [5.74, 6) is 1.86. The molecule has 4 heterocycles. The van der Waals surface area contributed by atoms with Gasteiger partial charge in [-0.3, -0.25) is 4.90 Å². The van der Waals surface area contributed by atoms with Crippen molar-refractivity contribution in [2.45, 2.75) is 19.0 Å². The van der Waals surface area contributed by atoms with Gasteiger partial charge >= 0.3 is 0 Å². The number of benzene rings is 1. The minimum atomic E-state index is 0.226. The third kappa shape index (κ3) is 4.39. The zero-order chi connectivity index (χ0) is 21.4. The van der Waals surface area contributed by atoms with Gasteiger partial charge in [0.25, 0.3) is 0 Å². The Kier molecular flexibility index (Phi) is 5.79. The Labute approximate surface area is 186 Å². The van der Waals surface area contributed by atoms with Crippen LogP contribution in [0.15, 0.2) is 30.3 Å². The molecule has 1 N–H and O–H groups in total. The molecule has 0 bridgehead atoms. The van der Waals surface area contributed by atoms with Crippen molar-refractivity contribution >= 4 is 27.4 Å². The van der Waals surface area contributed by atoms with Crippen molar-refractivity contribution in [1.82, 2.24) is 19.8 Å². The molecule has 2 saturated heterocycles. The highest BCUT2D eigenvalue weighted by molar-refractivity contribution is 7.19. The molecular weight excluding hydrogens is 410 g/mol. The van der Waals surface area contributed by atoms with Crippen LogP contribution in [0.5, 0.6) is 5.75 Å². The molecule has 1 atom stereocenters. The van der Waals surface area contributed by atoms with Crippen LogP contribution < -0.4 is 4.90 Å². The van der Waals surface area contributed by atoms with Crippen molar-refractivity contribution in [3.63, 3.8) is 0 Å². The van der Waals surface area contributed by atoms with Gasteiger partial charge in [0.1, 0.15) is 5.75 Å². The van der Waals surface area contributed by atoms with E-state index in [1.807, 2.05) is 23.5 Å². The minimum absolute atomic E-state index is 0.226. The summed E-state index contributed by atoms with van der Waals surface area (Å²) in [6, 6.07) is 10.0. The number of thiophene rings is 1. The zero-order valence-corrected chi connectivity index (χ0v) is 18.9. The van der Waals surface area contributed by atoms with Crippen molar-refractivity contribution < 1.29 is 9.84 Å². The molecule has 0 spiro atoms. The molecule has 2 aliphatic rings. The molecule has 5 rings (SSSR count). The largest absolute Gasteiger partial charge is 0.508 e. The number of rotatable bonds is 5. The van der Waals surface area contributed by atoms with Gasteiger partial charge in [0, 0.05) is 49.2 Å². The second-order valence-corrected chi connectivity index (χ2v) is 9.73. The van der Waals surface area contributed by atoms with Gasteiger partial charge in [-0.05, 0) is 38.7 Å². The van der Waals surface area contributed by atoms with Gasteiger partial charge in [0.15, 0.2) is 11.6 Å². The first kappa shape index (κ1) is 20.6. The summed E-state index contributed by atoms with van der Waals surface area (Å²) in [6.45, 7) is 6.28. The summed E-state index contributed by atoms with van der Waals surface area (Å²) in [5, 5.41) is 9.94. The van der Waals surface area contributed by atoms with E-state index in [0.717, 1.165) is 54.3 Å². The number of phenolic OH excluding ortho intramolecular Hbond substituents is 1. The zero-order valence-electron chi connectivity index (χ0n) is 18.1. The maximum Gasteiger partial charge on any atom is 0.162 e. The van der Waals surface area contributed by atoms with Crippen LogP contribution in [0.25, 0.3) is 21.6 Å². The average Bonchev–Trinajstić information content (AvgIpc) is 3.40. The first-order chi connectivity index (χ1) is 15.1. The Morgan fingerprint density at radius 3 is 2.74 bits per heavy atom. The van der Waals surface area contributed by atoms with Gasteiger partial charge in [0.05, 0.1) is 23.4 Å². The van der Waals surface area contributed by atoms with Crippen LogP contribution in [-0.2, 0) is 11.3 Å². The Hall–Kier alpha value is -2.26. The first-order valence-electron chi connectivity index (χ1n) is 10.9. The fraction of sp³-hybridized carbons (Fsp3) is 0.478. The maximum atomic E-state index is 9.94. The van der Waals surface area contributed by atoms with E-state index in [0.29, 0.717) is 25.1 Å². The Morgan fingerprint density at radius 1 is 1.16 bits per heavy atom. The van der Waals surface area contributed by atoms with Crippen LogP contribution in [0.3, 0.4) is 0 Å². The molecule has 7 nitrogen and oxygen atoms in total. The highest BCUT2D eigenvalue weighted by Gasteiger charge is 2.25. The molecule has 0 aliphatic carbocycles. The number of likely N-dealkylation sites (N-methyl/N-ethyl adjacent to an activating group) is 1. The SMILES string of the molecule is CN(C)C1CCN(Cc2cc3nc(-c4cccc(O)c4)nc(N4CCOCC4)c3s2)C1. The molecule has 1 aromatic carbocycles. The Morgan fingerprint density at radius 2 is 2.00 bits per heavy atom. The van der Waals surface area contributed by atoms with Gasteiger partial charge in [0.2, 0.25) is 0 Å². The predicted octanol–water partition coefficient (Wildman–Crippen LogP) is 3.04. The topological polar surface area (TPSA) is 65.0 Å². The van der Waals surface area contributed by atoms with Crippen molar-refractivity contribution in [3.8, 4) is 17.1 Å². The smallest absolute Gasteiger partial charge is 0.162 e. The van der Waals surface area contributed by atoms with Crippen LogP contribution >= 0.6 is 11.3 Å². The van der Waals surface area contributed by atoms with Gasteiger partial charge in [-0.25, -0.2) is 9.97 Å². The quantitative estimate of drug-likeness (QED) is 0.656. The summed E-state index contributed by atoms with van der Waals surface area (Å²) >= 11 is 1.81. The van der Waals surface area contributed by atoms with E-state index in [-0.39, 0.29) is 5.75 Å². The third-order valence-electron chi connectivity index (χ3n) is 6.18. The number of anilines is 1. The lowest BCUT2D eigenvalue weighted by atomic mass is 10.2. The molecule has 0 radical (unpaired) electrons. The van der Waals surface area contributed by atoms with Gasteiger partial charge < -0.3 is 19.6 Å². The van der Waals surface area contributed by atoms with Gasteiger partial charge in [-0.2, -0.15) is 0 Å². The summed E-state index contributed by atoms with van der Waals surface area (Å²) in [5.41, 5.74) is 1.82. The second-order valence-electron chi connectivity index (χ2n) is 8.59. The molecule has 0 amide bonds. The van der Waals surface area contributed by atoms with E-state index in [2.05, 4.69) is 34.9 Å². The molecule has 2 aliphatic heterocycles. The summed E-state index contributed by atoms with van der Waals surface area (Å²) in [6.07, 6.45) is 1.22. The summed E-state index contributed by atoms with van der Waals surface area (Å²) in [4.78, 5) is 18.3. The minimum Gasteiger partial charge on any atom is -0.508 e. The molecule has 0 saturated carbocycles. The third-order valence-corrected chi connectivity index (χ3v) is 7.28. The normalized spacial score (nSPS) is 20.2. The lowest BCUT2D eigenvalue weighted by Crippen LogP contribution is -2.36. The molecule has 2 aromatic heterocycles. The van der Waals surface area contributed by atoms with Crippen LogP contribution in [0.1, 0.15) is 11.3 Å². The highest BCUT2D eigenvalue weighted by atomic mass is 32.1. The fourth-order valence-corrected chi connectivity index (χ4v) is 5.56. The number of morpholine rings is 1. The number of aromatic hydroxyl groups is 1. The monoisotopic (exact) mass is 439 g/mol. The fourth-order valence-electron chi connectivity index (χ4n) is 4.40. The molecular formula is C23H29N5O2S. The number of ether oxygens (including phenoxy) is 1. The molecule has 1 unspecified atom stereocenters. The van der Waals surface area contributed by atoms with Crippen LogP contribution in [0.4, 0.5) is 5.82 Å². The van der Waals surface area contributed by atoms with E-state index >= 15 is 0 Å². The number of aromatic nitrogens is 2. The van der Waals surface area contributed by atoms with E-state index < -0.39 is 0 Å². The molecule has 3 aromatic rings. The highest BCUT2D eigenvalue weighted by Crippen LogP contribution is 2.35. The number of likely N-dealkylation sites (tertiary alicyclic amines) is 1. The molecule has 164 valence electrons. The number of phenols is 1. The predicted molar refractivity (Wildman–Crippen MR) is 125 cm³/mol. The average molecular weight is 440 g/mol. The lowest BCUT2D eigenvalue weighted by Gasteiger charge is -2.28. The van der Waals surface area contributed by atoms with E-state index in [9.17, 15) is 5.11 Å². The number of hydrogen-bond acceptors (Lipinski definition) is 8. The Balaban J connectivity index is 1.50. The maximum absolute atomic E-state index is 9.94.